The lowest BCUT2D eigenvalue weighted by Crippen LogP contribution is -2.23. The summed E-state index contributed by atoms with van der Waals surface area (Å²) >= 11 is 0. The second-order valence-corrected chi connectivity index (χ2v) is 8.57. The van der Waals surface area contributed by atoms with Crippen LogP contribution in [-0.4, -0.2) is 22.7 Å². The minimum atomic E-state index is -0.465. The van der Waals surface area contributed by atoms with Gasteiger partial charge in [-0.05, 0) is 55.5 Å². The molecule has 7 heteroatoms. The minimum Gasteiger partial charge on any atom is -0.465 e. The maximum Gasteiger partial charge on any atom is 0.316 e. The molecule has 1 aliphatic rings. The molecule has 1 saturated carbocycles. The van der Waals surface area contributed by atoms with Crippen LogP contribution in [0.15, 0.2) is 71.3 Å². The number of carbonyl (C=O) groups excluding carboxylic acids is 1. The molecular formula is C28H24N4O3. The van der Waals surface area contributed by atoms with Crippen molar-refractivity contribution in [3.05, 3.63) is 83.7 Å². The Morgan fingerprint density at radius 3 is 2.34 bits per heavy atom. The van der Waals surface area contributed by atoms with Crippen molar-refractivity contribution in [2.45, 2.75) is 32.1 Å². The van der Waals surface area contributed by atoms with Crippen LogP contribution >= 0.6 is 0 Å². The van der Waals surface area contributed by atoms with Gasteiger partial charge in [0.05, 0.1) is 12.0 Å². The van der Waals surface area contributed by atoms with Crippen molar-refractivity contribution in [3.8, 4) is 28.5 Å². The summed E-state index contributed by atoms with van der Waals surface area (Å²) < 4.78 is 10.9. The van der Waals surface area contributed by atoms with Crippen LogP contribution in [0.2, 0.25) is 0 Å². The van der Waals surface area contributed by atoms with Crippen molar-refractivity contribution in [2.24, 2.45) is 0 Å². The van der Waals surface area contributed by atoms with Gasteiger partial charge in [-0.3, -0.25) is 4.79 Å². The van der Waals surface area contributed by atoms with E-state index in [2.05, 4.69) is 15.5 Å². The molecule has 35 heavy (non-hydrogen) atoms. The van der Waals surface area contributed by atoms with Crippen molar-refractivity contribution in [1.29, 1.82) is 5.26 Å². The highest BCUT2D eigenvalue weighted by Gasteiger charge is 2.52. The Morgan fingerprint density at radius 2 is 1.71 bits per heavy atom. The Kier molecular flexibility index (Phi) is 5.79. The first kappa shape index (κ1) is 22.4. The number of hydrogen-bond donors (Lipinski definition) is 1. The van der Waals surface area contributed by atoms with Gasteiger partial charge in [0.2, 0.25) is 0 Å². The molecule has 0 unspecified atom stereocenters. The van der Waals surface area contributed by atoms with Gasteiger partial charge in [-0.25, -0.2) is 4.98 Å². The molecule has 0 saturated heterocycles. The Labute approximate surface area is 203 Å². The van der Waals surface area contributed by atoms with E-state index in [1.165, 1.54) is 0 Å². The second kappa shape index (κ2) is 9.07. The van der Waals surface area contributed by atoms with Gasteiger partial charge in [0, 0.05) is 5.56 Å². The molecule has 0 aliphatic heterocycles. The number of aryl methyl sites for hydroxylation is 1. The van der Waals surface area contributed by atoms with Crippen LogP contribution in [0.1, 0.15) is 36.7 Å². The topological polar surface area (TPSA) is 101 Å². The van der Waals surface area contributed by atoms with Gasteiger partial charge >= 0.3 is 5.97 Å². The average molecular weight is 465 g/mol. The van der Waals surface area contributed by atoms with E-state index in [0.717, 1.165) is 35.1 Å². The first-order valence-electron chi connectivity index (χ1n) is 11.5. The van der Waals surface area contributed by atoms with Crippen LogP contribution < -0.4 is 5.32 Å². The Hall–Kier alpha value is -4.44. The molecular weight excluding hydrogens is 440 g/mol. The Morgan fingerprint density at radius 1 is 1.06 bits per heavy atom. The molecule has 0 atom stereocenters. The molecule has 174 valence electrons. The smallest absolute Gasteiger partial charge is 0.316 e. The zero-order valence-corrected chi connectivity index (χ0v) is 19.5. The van der Waals surface area contributed by atoms with E-state index in [0.29, 0.717) is 35.3 Å². The van der Waals surface area contributed by atoms with Gasteiger partial charge in [0.25, 0.3) is 0 Å². The molecule has 2 heterocycles. The van der Waals surface area contributed by atoms with Gasteiger partial charge < -0.3 is 14.6 Å². The molecule has 0 spiro atoms. The predicted molar refractivity (Wildman–Crippen MR) is 132 cm³/mol. The molecule has 7 nitrogen and oxygen atoms in total. The second-order valence-electron chi connectivity index (χ2n) is 8.57. The monoisotopic (exact) mass is 464 g/mol. The van der Waals surface area contributed by atoms with Crippen molar-refractivity contribution in [3.63, 3.8) is 0 Å². The summed E-state index contributed by atoms with van der Waals surface area (Å²) in [6, 6.07) is 23.4. The molecule has 1 fully saturated rings. The molecule has 1 aliphatic carbocycles. The third-order valence-corrected chi connectivity index (χ3v) is 6.31. The van der Waals surface area contributed by atoms with E-state index in [1.807, 2.05) is 68.4 Å². The number of ether oxygens (including phenoxy) is 1. The zero-order valence-electron chi connectivity index (χ0n) is 19.5. The fraction of sp³-hybridized carbons (Fsp3) is 0.214. The Bertz CT molecular complexity index is 1410. The number of rotatable bonds is 7. The average Bonchev–Trinajstić information content (AvgIpc) is 3.64. The van der Waals surface area contributed by atoms with E-state index in [1.54, 1.807) is 18.2 Å². The van der Waals surface area contributed by atoms with Crippen molar-refractivity contribution >= 4 is 17.5 Å². The number of nitrogens with zero attached hydrogens (tertiary/aromatic N) is 3. The lowest BCUT2D eigenvalue weighted by Gasteiger charge is -2.14. The van der Waals surface area contributed by atoms with Crippen LogP contribution in [0.25, 0.3) is 22.5 Å². The number of anilines is 2. The molecule has 1 N–H and O–H groups in total. The van der Waals surface area contributed by atoms with Crippen molar-refractivity contribution in [1.82, 2.24) is 10.1 Å². The summed E-state index contributed by atoms with van der Waals surface area (Å²) in [5, 5.41) is 16.4. The number of nitriles is 1. The van der Waals surface area contributed by atoms with Crippen LogP contribution in [-0.2, 0) is 14.9 Å². The van der Waals surface area contributed by atoms with Gasteiger partial charge in [0.1, 0.15) is 29.0 Å². The van der Waals surface area contributed by atoms with Gasteiger partial charge in [-0.2, -0.15) is 5.26 Å². The van der Waals surface area contributed by atoms with Crippen LogP contribution in [0.4, 0.5) is 11.5 Å². The molecule has 5 rings (SSSR count). The molecule has 0 bridgehead atoms. The fourth-order valence-corrected chi connectivity index (χ4v) is 4.21. The number of hydrogen-bond acceptors (Lipinski definition) is 7. The number of carbonyl (C=O) groups is 1. The van der Waals surface area contributed by atoms with E-state index in [-0.39, 0.29) is 5.97 Å². The van der Waals surface area contributed by atoms with Crippen LogP contribution in [0.5, 0.6) is 0 Å². The molecule has 0 radical (unpaired) electrons. The van der Waals surface area contributed by atoms with Gasteiger partial charge in [-0.15, -0.1) is 0 Å². The summed E-state index contributed by atoms with van der Waals surface area (Å²) in [5.74, 6) is 1.02. The minimum absolute atomic E-state index is 0.126. The van der Waals surface area contributed by atoms with E-state index in [4.69, 9.17) is 14.5 Å². The number of nitrogens with one attached hydrogen (secondary N) is 1. The largest absolute Gasteiger partial charge is 0.465 e. The van der Waals surface area contributed by atoms with Crippen LogP contribution in [0, 0.1) is 18.3 Å². The third-order valence-electron chi connectivity index (χ3n) is 6.31. The molecule has 4 aromatic rings. The zero-order chi connectivity index (χ0) is 24.4. The van der Waals surface area contributed by atoms with Gasteiger partial charge in [-0.1, -0.05) is 59.8 Å². The lowest BCUT2D eigenvalue weighted by atomic mass is 9.93. The molecule has 2 aromatic heterocycles. The maximum absolute atomic E-state index is 12.4. The van der Waals surface area contributed by atoms with E-state index < -0.39 is 5.41 Å². The summed E-state index contributed by atoms with van der Waals surface area (Å²) in [6.07, 6.45) is 1.67. The van der Waals surface area contributed by atoms with Crippen LogP contribution in [0.3, 0.4) is 0 Å². The predicted octanol–water partition coefficient (Wildman–Crippen LogP) is 5.92. The summed E-state index contributed by atoms with van der Waals surface area (Å²) in [6.45, 7) is 4.08. The fourth-order valence-electron chi connectivity index (χ4n) is 4.21. The quantitative estimate of drug-likeness (QED) is 0.339. The number of esters is 1. The van der Waals surface area contributed by atoms with E-state index in [9.17, 15) is 4.79 Å². The van der Waals surface area contributed by atoms with Crippen molar-refractivity contribution < 1.29 is 14.1 Å². The maximum atomic E-state index is 12.4. The highest BCUT2D eigenvalue weighted by Crippen LogP contribution is 2.49. The van der Waals surface area contributed by atoms with E-state index >= 15 is 0 Å². The normalized spacial score (nSPS) is 13.6. The first-order chi connectivity index (χ1) is 17.0. The van der Waals surface area contributed by atoms with Gasteiger partial charge in [0.15, 0.2) is 5.76 Å². The number of benzene rings is 2. The number of pyridine rings is 1. The SMILES string of the molecule is CCOC(=O)C1(c2ccc(-c3ccc(-c4onc(C)c4Nc4cccc(C#N)n4)cc3)cc2)CC1. The summed E-state index contributed by atoms with van der Waals surface area (Å²) in [5.41, 5.74) is 5.25. The Balaban J connectivity index is 1.36. The standard InChI is InChI=1S/C28H24N4O3/c1-3-34-27(33)28(15-16-28)22-13-11-20(12-14-22)19-7-9-21(10-8-19)26-25(18(2)32-35-26)31-24-6-4-5-23(17-29)30-24/h4-14H,3,15-16H2,1-2H3,(H,30,31). The highest BCUT2D eigenvalue weighted by atomic mass is 16.5. The highest BCUT2D eigenvalue weighted by molar-refractivity contribution is 5.87. The molecule has 0 amide bonds. The number of aromatic nitrogens is 2. The van der Waals surface area contributed by atoms with Crippen molar-refractivity contribution in [2.75, 3.05) is 11.9 Å². The third kappa shape index (κ3) is 4.26. The lowest BCUT2D eigenvalue weighted by molar-refractivity contribution is -0.146. The first-order valence-corrected chi connectivity index (χ1v) is 11.5. The summed E-state index contributed by atoms with van der Waals surface area (Å²) in [7, 11) is 0. The summed E-state index contributed by atoms with van der Waals surface area (Å²) in [4.78, 5) is 16.6. The molecule has 2 aromatic carbocycles.